The predicted molar refractivity (Wildman–Crippen MR) is 95.2 cm³/mol. The maximum atomic E-state index is 12.7. The number of aromatic nitrogens is 4. The summed E-state index contributed by atoms with van der Waals surface area (Å²) in [4.78, 5) is 25.0. The van der Waals surface area contributed by atoms with Gasteiger partial charge >= 0.3 is 5.69 Å². The summed E-state index contributed by atoms with van der Waals surface area (Å²) in [5.41, 5.74) is 0.225. The second-order valence-electron chi connectivity index (χ2n) is 5.68. The van der Waals surface area contributed by atoms with Crippen LogP contribution in [0, 0.1) is 0 Å². The van der Waals surface area contributed by atoms with Crippen molar-refractivity contribution >= 4 is 17.5 Å². The maximum Gasteiger partial charge on any atom is 0.351 e. The Morgan fingerprint density at radius 2 is 2.04 bits per heavy atom. The summed E-state index contributed by atoms with van der Waals surface area (Å²) >= 11 is 5.89. The number of aryl methyl sites for hydroxylation is 1. The fourth-order valence-corrected chi connectivity index (χ4v) is 2.60. The topological polar surface area (TPSA) is 95.0 Å². The van der Waals surface area contributed by atoms with E-state index in [-0.39, 0.29) is 24.7 Å². The van der Waals surface area contributed by atoms with E-state index in [0.717, 1.165) is 6.42 Å². The lowest BCUT2D eigenvalue weighted by Gasteiger charge is -2.05. The summed E-state index contributed by atoms with van der Waals surface area (Å²) in [5.74, 6) is 0.787. The highest BCUT2D eigenvalue weighted by atomic mass is 35.5. The van der Waals surface area contributed by atoms with Gasteiger partial charge in [0.2, 0.25) is 5.91 Å². The van der Waals surface area contributed by atoms with Gasteiger partial charge in [0.05, 0.1) is 18.4 Å². The van der Waals surface area contributed by atoms with E-state index >= 15 is 0 Å². The molecule has 0 saturated heterocycles. The lowest BCUT2D eigenvalue weighted by Crippen LogP contribution is -2.33. The van der Waals surface area contributed by atoms with Crippen molar-refractivity contribution in [3.63, 3.8) is 0 Å². The molecule has 3 rings (SSSR count). The molecule has 1 N–H and O–H groups in total. The molecule has 0 spiro atoms. The Balaban J connectivity index is 1.82. The first-order valence-corrected chi connectivity index (χ1v) is 8.57. The van der Waals surface area contributed by atoms with Crippen molar-refractivity contribution < 1.29 is 9.32 Å². The van der Waals surface area contributed by atoms with Gasteiger partial charge in [0.15, 0.2) is 5.76 Å². The molecule has 1 amide bonds. The number of hydrogen-bond donors (Lipinski definition) is 1. The molecule has 8 nitrogen and oxygen atoms in total. The van der Waals surface area contributed by atoms with Crippen molar-refractivity contribution in [1.29, 1.82) is 0 Å². The first-order chi connectivity index (χ1) is 12.6. The maximum absolute atomic E-state index is 12.7. The molecule has 0 atom stereocenters. The van der Waals surface area contributed by atoms with Gasteiger partial charge in [-0.05, 0) is 30.7 Å². The summed E-state index contributed by atoms with van der Waals surface area (Å²) in [6.45, 7) is 2.08. The summed E-state index contributed by atoms with van der Waals surface area (Å²) in [6, 6.07) is 8.45. The van der Waals surface area contributed by atoms with Crippen LogP contribution in [0.4, 0.5) is 0 Å². The van der Waals surface area contributed by atoms with E-state index < -0.39 is 0 Å². The zero-order valence-electron chi connectivity index (χ0n) is 14.2. The van der Waals surface area contributed by atoms with Crippen molar-refractivity contribution in [2.24, 2.45) is 0 Å². The Morgan fingerprint density at radius 3 is 2.69 bits per heavy atom. The minimum atomic E-state index is -0.370. The van der Waals surface area contributed by atoms with Crippen LogP contribution in [0.2, 0.25) is 5.02 Å². The lowest BCUT2D eigenvalue weighted by molar-refractivity contribution is -0.122. The van der Waals surface area contributed by atoms with Crippen LogP contribution in [0.15, 0.2) is 45.8 Å². The van der Waals surface area contributed by atoms with Crippen LogP contribution in [-0.2, 0) is 24.3 Å². The predicted octanol–water partition coefficient (Wildman–Crippen LogP) is 1.94. The Morgan fingerprint density at radius 1 is 1.27 bits per heavy atom. The Kier molecular flexibility index (Phi) is 5.52. The largest absolute Gasteiger partial charge is 0.360 e. The number of carbonyl (C=O) groups is 1. The monoisotopic (exact) mass is 375 g/mol. The Bertz CT molecular complexity index is 928. The molecule has 0 radical (unpaired) electrons. The average Bonchev–Trinajstić information content (AvgIpc) is 3.25. The number of benzene rings is 1. The van der Waals surface area contributed by atoms with Gasteiger partial charge in [-0.2, -0.15) is 4.68 Å². The third kappa shape index (κ3) is 4.02. The Hall–Kier alpha value is -2.87. The third-order valence-corrected chi connectivity index (χ3v) is 3.99. The van der Waals surface area contributed by atoms with Crippen LogP contribution in [0.5, 0.6) is 0 Å². The molecule has 0 aliphatic heterocycles. The highest BCUT2D eigenvalue weighted by molar-refractivity contribution is 6.30. The lowest BCUT2D eigenvalue weighted by atomic mass is 10.3. The zero-order valence-corrected chi connectivity index (χ0v) is 14.9. The van der Waals surface area contributed by atoms with E-state index in [1.807, 2.05) is 6.92 Å². The molecule has 0 fully saturated rings. The summed E-state index contributed by atoms with van der Waals surface area (Å²) < 4.78 is 7.60. The molecule has 0 bridgehead atoms. The number of amides is 1. The number of halogens is 1. The molecule has 26 heavy (non-hydrogen) atoms. The number of carbonyl (C=O) groups excluding carboxylic acids is 1. The van der Waals surface area contributed by atoms with Gasteiger partial charge in [-0.3, -0.25) is 9.36 Å². The van der Waals surface area contributed by atoms with Gasteiger partial charge in [0.25, 0.3) is 0 Å². The molecule has 2 aromatic heterocycles. The SMILES string of the molecule is CCCc1nn(-c2ccc(Cl)cc2)c(=O)n1CC(=O)NCc1ccno1. The molecule has 0 aliphatic rings. The van der Waals surface area contributed by atoms with Crippen LogP contribution < -0.4 is 11.0 Å². The van der Waals surface area contributed by atoms with Gasteiger partial charge in [-0.25, -0.2) is 4.79 Å². The van der Waals surface area contributed by atoms with Gasteiger partial charge in [-0.1, -0.05) is 23.7 Å². The van der Waals surface area contributed by atoms with Crippen molar-refractivity contribution in [3.8, 4) is 5.69 Å². The normalized spacial score (nSPS) is 10.8. The van der Waals surface area contributed by atoms with Gasteiger partial charge in [-0.15, -0.1) is 5.10 Å². The van der Waals surface area contributed by atoms with Gasteiger partial charge in [0, 0.05) is 17.5 Å². The second-order valence-corrected chi connectivity index (χ2v) is 6.12. The van der Waals surface area contributed by atoms with Gasteiger partial charge < -0.3 is 9.84 Å². The van der Waals surface area contributed by atoms with E-state index in [4.69, 9.17) is 16.1 Å². The zero-order chi connectivity index (χ0) is 18.5. The molecule has 2 heterocycles. The number of nitrogens with zero attached hydrogens (tertiary/aromatic N) is 4. The van der Waals surface area contributed by atoms with Crippen molar-refractivity contribution in [3.05, 3.63) is 63.6 Å². The summed E-state index contributed by atoms with van der Waals surface area (Å²) in [5, 5.41) is 11.2. The fourth-order valence-electron chi connectivity index (χ4n) is 2.47. The Labute approximate surface area is 154 Å². The average molecular weight is 376 g/mol. The minimum absolute atomic E-state index is 0.115. The fraction of sp³-hybridized carbons (Fsp3) is 0.294. The standard InChI is InChI=1S/C17H18ClN5O3/c1-2-3-15-21-23(13-6-4-12(18)5-7-13)17(25)22(15)11-16(24)19-10-14-8-9-20-26-14/h4-9H,2-3,10-11H2,1H3,(H,19,24). The van der Waals surface area contributed by atoms with E-state index in [1.54, 1.807) is 30.3 Å². The van der Waals surface area contributed by atoms with Crippen LogP contribution >= 0.6 is 11.6 Å². The molecule has 1 aromatic carbocycles. The number of hydrogen-bond acceptors (Lipinski definition) is 5. The van der Waals surface area contributed by atoms with E-state index in [0.29, 0.717) is 28.7 Å². The molecule has 136 valence electrons. The highest BCUT2D eigenvalue weighted by Gasteiger charge is 2.16. The van der Waals surface area contributed by atoms with Gasteiger partial charge in [0.1, 0.15) is 12.4 Å². The molecule has 0 saturated carbocycles. The summed E-state index contributed by atoms with van der Waals surface area (Å²) in [6.07, 6.45) is 2.89. The molecule has 0 unspecified atom stereocenters. The van der Waals surface area contributed by atoms with Crippen LogP contribution in [0.1, 0.15) is 24.9 Å². The second kappa shape index (κ2) is 8.01. The molecule has 3 aromatic rings. The molecular weight excluding hydrogens is 358 g/mol. The first-order valence-electron chi connectivity index (χ1n) is 8.19. The van der Waals surface area contributed by atoms with Crippen molar-refractivity contribution in [2.45, 2.75) is 32.9 Å². The van der Waals surface area contributed by atoms with E-state index in [2.05, 4.69) is 15.6 Å². The first kappa shape index (κ1) is 17.9. The summed E-state index contributed by atoms with van der Waals surface area (Å²) in [7, 11) is 0. The number of rotatable bonds is 7. The third-order valence-electron chi connectivity index (χ3n) is 3.74. The van der Waals surface area contributed by atoms with Crippen LogP contribution in [0.25, 0.3) is 5.69 Å². The van der Waals surface area contributed by atoms with Crippen LogP contribution in [-0.4, -0.2) is 25.4 Å². The van der Waals surface area contributed by atoms with Crippen molar-refractivity contribution in [1.82, 2.24) is 24.8 Å². The quantitative estimate of drug-likeness (QED) is 0.681. The van der Waals surface area contributed by atoms with Crippen molar-refractivity contribution in [2.75, 3.05) is 0 Å². The highest BCUT2D eigenvalue weighted by Crippen LogP contribution is 2.12. The smallest absolute Gasteiger partial charge is 0.351 e. The molecule has 0 aliphatic carbocycles. The molecule has 9 heteroatoms. The van der Waals surface area contributed by atoms with E-state index in [1.165, 1.54) is 15.4 Å². The minimum Gasteiger partial charge on any atom is -0.360 e. The molecular formula is C17H18ClN5O3. The van der Waals surface area contributed by atoms with Crippen LogP contribution in [0.3, 0.4) is 0 Å². The number of nitrogens with one attached hydrogen (secondary N) is 1. The van der Waals surface area contributed by atoms with E-state index in [9.17, 15) is 9.59 Å².